The average molecular weight is 254 g/mol. The summed E-state index contributed by atoms with van der Waals surface area (Å²) in [5.41, 5.74) is 0. The van der Waals surface area contributed by atoms with E-state index in [2.05, 4.69) is 13.4 Å². The maximum absolute atomic E-state index is 10.1. The Hall–Kier alpha value is 0.729. The van der Waals surface area contributed by atoms with Gasteiger partial charge in [0.25, 0.3) is 6.79 Å². The number of rotatable bonds is 0. The molecule has 5 nitrogen and oxygen atoms in total. The van der Waals surface area contributed by atoms with Crippen LogP contribution in [0.5, 0.6) is 0 Å². The van der Waals surface area contributed by atoms with Gasteiger partial charge in [0.2, 0.25) is 0 Å². The third-order valence-electron chi connectivity index (χ3n) is 0.450. The fourth-order valence-electron chi connectivity index (χ4n) is 0.211. The summed E-state index contributed by atoms with van der Waals surface area (Å²) in [6.45, 7) is -0.218. The monoisotopic (exact) mass is 253 g/mol. The van der Waals surface area contributed by atoms with Gasteiger partial charge in [-0.2, -0.15) is 0 Å². The first-order chi connectivity index (χ1) is 3.79. The van der Waals surface area contributed by atoms with E-state index in [9.17, 15) is 9.13 Å². The molecule has 0 saturated carbocycles. The molecular formula is CH2O5P2Tc+2. The summed E-state index contributed by atoms with van der Waals surface area (Å²) in [6, 6.07) is 0. The van der Waals surface area contributed by atoms with Crippen molar-refractivity contribution in [1.29, 1.82) is 0 Å². The molecule has 8 heteroatoms. The Kier molecular flexibility index (Phi) is 4.90. The summed E-state index contributed by atoms with van der Waals surface area (Å²) in [4.78, 5) is 0. The van der Waals surface area contributed by atoms with Crippen LogP contribution in [0.2, 0.25) is 0 Å². The van der Waals surface area contributed by atoms with Crippen LogP contribution in [-0.4, -0.2) is 6.79 Å². The summed E-state index contributed by atoms with van der Waals surface area (Å²) >= 11 is 0. The van der Waals surface area contributed by atoms with E-state index in [1.165, 1.54) is 0 Å². The Bertz CT molecular complexity index is 121. The summed E-state index contributed by atoms with van der Waals surface area (Å²) < 4.78 is 32.7. The van der Waals surface area contributed by atoms with Gasteiger partial charge in [-0.3, -0.25) is 0 Å². The quantitative estimate of drug-likeness (QED) is 0.610. The molecule has 1 saturated heterocycles. The molecule has 1 fully saturated rings. The molecule has 0 aromatic heterocycles. The third-order valence-corrected chi connectivity index (χ3v) is 2.15. The molecule has 0 N–H and O–H groups in total. The minimum absolute atomic E-state index is 0. The third kappa shape index (κ3) is 3.43. The Morgan fingerprint density at radius 1 is 1.11 bits per heavy atom. The van der Waals surface area contributed by atoms with Crippen LogP contribution < -0.4 is 0 Å². The minimum atomic E-state index is -2.19. The molecular weight excluding hydrogens is 252 g/mol. The van der Waals surface area contributed by atoms with E-state index in [1.54, 1.807) is 0 Å². The van der Waals surface area contributed by atoms with Crippen molar-refractivity contribution in [2.24, 2.45) is 0 Å². The molecule has 1 aliphatic heterocycles. The largest absolute Gasteiger partial charge is 0.750 e. The Morgan fingerprint density at radius 2 is 1.56 bits per heavy atom. The van der Waals surface area contributed by atoms with Crippen molar-refractivity contribution in [3.8, 4) is 0 Å². The van der Waals surface area contributed by atoms with Crippen molar-refractivity contribution in [1.82, 2.24) is 0 Å². The van der Waals surface area contributed by atoms with Crippen LogP contribution in [0.15, 0.2) is 0 Å². The van der Waals surface area contributed by atoms with Gasteiger partial charge in [-0.25, -0.2) is 0 Å². The first-order valence-corrected chi connectivity index (χ1v) is 3.86. The molecule has 2 unspecified atom stereocenters. The molecule has 51 valence electrons. The molecule has 0 bridgehead atoms. The molecule has 2 atom stereocenters. The molecule has 1 aliphatic rings. The average Bonchev–Trinajstić information content (AvgIpc) is 1.64. The van der Waals surface area contributed by atoms with Gasteiger partial charge in [-0.1, -0.05) is 9.05 Å². The number of hydrogen-bond acceptors (Lipinski definition) is 5. The van der Waals surface area contributed by atoms with Crippen LogP contribution in [0.3, 0.4) is 0 Å². The predicted molar refractivity (Wildman–Crippen MR) is 23.3 cm³/mol. The summed E-state index contributed by atoms with van der Waals surface area (Å²) in [5, 5.41) is 0. The molecule has 0 aromatic rings. The van der Waals surface area contributed by atoms with E-state index in [0.29, 0.717) is 0 Å². The normalized spacial score (nSPS) is 27.1. The van der Waals surface area contributed by atoms with E-state index in [-0.39, 0.29) is 26.9 Å². The van der Waals surface area contributed by atoms with E-state index < -0.39 is 16.5 Å². The fourth-order valence-corrected chi connectivity index (χ4v) is 1.38. The van der Waals surface area contributed by atoms with Gasteiger partial charge < -0.3 is 0 Å². The first-order valence-electron chi connectivity index (χ1n) is 1.67. The summed E-state index contributed by atoms with van der Waals surface area (Å²) in [6.07, 6.45) is 0. The van der Waals surface area contributed by atoms with Gasteiger partial charge in [-0.05, 0) is 0 Å². The Labute approximate surface area is 66.3 Å². The van der Waals surface area contributed by atoms with E-state index in [4.69, 9.17) is 0 Å². The van der Waals surface area contributed by atoms with Gasteiger partial charge in [0, 0.05) is 29.2 Å². The van der Waals surface area contributed by atoms with Crippen LogP contribution >= 0.6 is 16.5 Å². The Morgan fingerprint density at radius 3 is 1.78 bits per heavy atom. The van der Waals surface area contributed by atoms with Gasteiger partial charge in [-0.15, -0.1) is 0 Å². The molecule has 0 aliphatic carbocycles. The predicted octanol–water partition coefficient (Wildman–Crippen LogP) is 1.32. The maximum Gasteiger partial charge on any atom is 0.750 e. The second-order valence-corrected chi connectivity index (χ2v) is 2.97. The van der Waals surface area contributed by atoms with Crippen molar-refractivity contribution in [3.63, 3.8) is 0 Å². The molecule has 1 heterocycles. The topological polar surface area (TPSA) is 61.8 Å². The van der Waals surface area contributed by atoms with E-state index in [0.717, 1.165) is 0 Å². The van der Waals surface area contributed by atoms with E-state index in [1.807, 2.05) is 0 Å². The maximum atomic E-state index is 10.1. The summed E-state index contributed by atoms with van der Waals surface area (Å²) in [7, 11) is -4.38. The van der Waals surface area contributed by atoms with Crippen LogP contribution in [0, 0.1) is 0 Å². The van der Waals surface area contributed by atoms with Gasteiger partial charge >= 0.3 is 16.5 Å². The van der Waals surface area contributed by atoms with Gasteiger partial charge in [0.15, 0.2) is 4.31 Å². The van der Waals surface area contributed by atoms with Gasteiger partial charge in [0.1, 0.15) is 0 Å². The molecule has 9 heavy (non-hydrogen) atoms. The fraction of sp³-hybridized carbons (Fsp3) is 1.00. The Balaban J connectivity index is 0.000000640. The first kappa shape index (κ1) is 9.73. The van der Waals surface area contributed by atoms with Crippen molar-refractivity contribution in [2.45, 2.75) is 0 Å². The minimum Gasteiger partial charge on any atom is -0.0822 e. The molecule has 0 spiro atoms. The molecule has 0 amide bonds. The van der Waals surface area contributed by atoms with Crippen molar-refractivity contribution >= 4 is 16.5 Å². The molecule has 1 radical (unpaired) electrons. The van der Waals surface area contributed by atoms with Crippen molar-refractivity contribution in [3.05, 3.63) is 0 Å². The van der Waals surface area contributed by atoms with Crippen LogP contribution in [0.25, 0.3) is 0 Å². The summed E-state index contributed by atoms with van der Waals surface area (Å²) in [5.74, 6) is 0. The van der Waals surface area contributed by atoms with E-state index >= 15 is 0 Å². The zero-order valence-corrected chi connectivity index (χ0v) is 7.67. The zero-order chi connectivity index (χ0) is 5.98. The molecule has 1 rings (SSSR count). The SMILES string of the molecule is O=[P+]1OCO[P+](=O)O1.[Tc]. The zero-order valence-electron chi connectivity index (χ0n) is 4.02. The van der Waals surface area contributed by atoms with Crippen LogP contribution in [0.1, 0.15) is 0 Å². The number of hydrogen-bond donors (Lipinski definition) is 0. The second kappa shape index (κ2) is 4.53. The van der Waals surface area contributed by atoms with Crippen molar-refractivity contribution < 1.29 is 42.6 Å². The smallest absolute Gasteiger partial charge is 0.0822 e. The van der Waals surface area contributed by atoms with Gasteiger partial charge in [0.05, 0.1) is 0 Å². The van der Waals surface area contributed by atoms with Crippen molar-refractivity contribution in [2.75, 3.05) is 6.79 Å². The second-order valence-electron chi connectivity index (χ2n) is 0.905. The van der Waals surface area contributed by atoms with Crippen LogP contribution in [-0.2, 0) is 42.6 Å². The molecule has 0 aromatic carbocycles. The van der Waals surface area contributed by atoms with Crippen LogP contribution in [0.4, 0.5) is 0 Å². The standard InChI is InChI=1S/CH2O5P2.Tc/c2-7-4-1-5-8(3)6-7;/h1H2;/q+2;.